The summed E-state index contributed by atoms with van der Waals surface area (Å²) in [5, 5.41) is 2.35. The predicted molar refractivity (Wildman–Crippen MR) is 99.3 cm³/mol. The highest BCUT2D eigenvalue weighted by Gasteiger charge is 2.55. The van der Waals surface area contributed by atoms with E-state index in [1.54, 1.807) is 4.90 Å². The van der Waals surface area contributed by atoms with Gasteiger partial charge >= 0.3 is 5.97 Å². The highest BCUT2D eigenvalue weighted by atomic mass is 16.6. The fraction of sp³-hybridized carbons (Fsp3) is 0.857. The Hall–Kier alpha value is -0.870. The lowest BCUT2D eigenvalue weighted by molar-refractivity contribution is -0.909. The first-order valence-electron chi connectivity index (χ1n) is 10.5. The Morgan fingerprint density at radius 1 is 1.36 bits per heavy atom. The van der Waals surface area contributed by atoms with Crippen LogP contribution in [0.3, 0.4) is 0 Å². The van der Waals surface area contributed by atoms with Gasteiger partial charge in [-0.2, -0.15) is 0 Å². The number of hydrogen-bond acceptors (Lipinski definition) is 2. The molecule has 3 fully saturated rings. The molecule has 1 heterocycles. The van der Waals surface area contributed by atoms with Crippen LogP contribution in [0.1, 0.15) is 52.9 Å². The van der Waals surface area contributed by atoms with Gasteiger partial charge in [0.2, 0.25) is 0 Å². The van der Waals surface area contributed by atoms with Gasteiger partial charge in [-0.05, 0) is 57.3 Å². The number of quaternary nitrogens is 2. The molecule has 3 rings (SSSR count). The van der Waals surface area contributed by atoms with Gasteiger partial charge in [0.25, 0.3) is 0 Å². The van der Waals surface area contributed by atoms with E-state index in [2.05, 4.69) is 32.7 Å². The molecule has 2 saturated carbocycles. The molecule has 3 N–H and O–H groups in total. The summed E-state index contributed by atoms with van der Waals surface area (Å²) in [6.45, 7) is 16.8. The van der Waals surface area contributed by atoms with E-state index in [4.69, 9.17) is 4.74 Å². The number of rotatable bonds is 7. The van der Waals surface area contributed by atoms with Gasteiger partial charge in [0, 0.05) is 5.92 Å². The van der Waals surface area contributed by atoms with E-state index in [1.807, 2.05) is 0 Å². The summed E-state index contributed by atoms with van der Waals surface area (Å²) in [6.07, 6.45) is 6.02. The average Bonchev–Trinajstić information content (AvgIpc) is 2.87. The fourth-order valence-electron chi connectivity index (χ4n) is 5.73. The van der Waals surface area contributed by atoms with Gasteiger partial charge in [0.1, 0.15) is 25.1 Å². The van der Waals surface area contributed by atoms with Crippen LogP contribution in [-0.2, 0) is 9.53 Å². The number of nitrogens with one attached hydrogen (secondary N) is 1. The Morgan fingerprint density at radius 3 is 2.84 bits per heavy atom. The monoisotopic (exact) mass is 350 g/mol. The molecule has 4 nitrogen and oxygen atoms in total. The average molecular weight is 351 g/mol. The van der Waals surface area contributed by atoms with Crippen molar-refractivity contribution in [3.63, 3.8) is 0 Å². The summed E-state index contributed by atoms with van der Waals surface area (Å²) < 4.78 is 5.85. The fourth-order valence-corrected chi connectivity index (χ4v) is 5.73. The third kappa shape index (κ3) is 3.80. The zero-order valence-corrected chi connectivity index (χ0v) is 16.5. The number of carbonyl (C=O) groups excluding carboxylic acids is 1. The molecule has 25 heavy (non-hydrogen) atoms. The largest absolute Gasteiger partial charge is 0.462 e. The molecule has 0 aromatic rings. The minimum Gasteiger partial charge on any atom is -0.462 e. The summed E-state index contributed by atoms with van der Waals surface area (Å²) in [5.41, 5.74) is 1.74. The molecular formula is C21H38N2O2+2. The number of nitrogens with two attached hydrogens (primary N) is 1. The maximum absolute atomic E-state index is 12.5. The van der Waals surface area contributed by atoms with E-state index >= 15 is 0 Å². The summed E-state index contributed by atoms with van der Waals surface area (Å²) in [4.78, 5) is 14.1. The predicted octanol–water partition coefficient (Wildman–Crippen LogP) is 0.789. The second kappa shape index (κ2) is 7.79. The van der Waals surface area contributed by atoms with E-state index in [0.717, 1.165) is 25.9 Å². The summed E-state index contributed by atoms with van der Waals surface area (Å²) >= 11 is 0. The standard InChI is InChI=1S/C21H36N2O2/c1-5-23(6-2)11-10-22-14-17-16-12-18-15(3)8-7-9-21(18,4)13-19(16)25-20(17)24/h16-19,22H,3,5-14H2,1-2,4H3/p+2/t16-,17-,18-,19-,21-/m1/s1. The number of likely N-dealkylation sites (N-methyl/N-ethyl adjacent to an activating group) is 1. The highest BCUT2D eigenvalue weighted by Crippen LogP contribution is 2.56. The molecule has 1 saturated heterocycles. The number of fused-ring (bicyclic) bond motifs is 2. The van der Waals surface area contributed by atoms with Crippen LogP contribution >= 0.6 is 0 Å². The molecule has 0 spiro atoms. The van der Waals surface area contributed by atoms with Gasteiger partial charge in [-0.3, -0.25) is 4.79 Å². The van der Waals surface area contributed by atoms with E-state index in [0.29, 0.717) is 17.3 Å². The molecule has 1 aliphatic heterocycles. The molecule has 0 bridgehead atoms. The Kier molecular flexibility index (Phi) is 5.89. The smallest absolute Gasteiger partial charge is 0.315 e. The van der Waals surface area contributed by atoms with Crippen LogP contribution in [-0.4, -0.2) is 44.8 Å². The van der Waals surface area contributed by atoms with Crippen LogP contribution < -0.4 is 10.2 Å². The van der Waals surface area contributed by atoms with E-state index in [9.17, 15) is 4.79 Å². The van der Waals surface area contributed by atoms with Crippen molar-refractivity contribution in [2.24, 2.45) is 23.2 Å². The van der Waals surface area contributed by atoms with Crippen LogP contribution in [0.2, 0.25) is 0 Å². The van der Waals surface area contributed by atoms with Gasteiger partial charge in [0.05, 0.1) is 19.6 Å². The number of allylic oxidation sites excluding steroid dienone is 1. The lowest BCUT2D eigenvalue weighted by atomic mass is 9.55. The van der Waals surface area contributed by atoms with Crippen molar-refractivity contribution < 1.29 is 19.7 Å². The first-order chi connectivity index (χ1) is 12.0. The number of esters is 1. The topological polar surface area (TPSA) is 47.3 Å². The Labute approximate surface area is 153 Å². The lowest BCUT2D eigenvalue weighted by Gasteiger charge is -2.49. The molecule has 2 aliphatic carbocycles. The van der Waals surface area contributed by atoms with Crippen LogP contribution in [0.5, 0.6) is 0 Å². The molecule has 142 valence electrons. The maximum atomic E-state index is 12.5. The summed E-state index contributed by atoms with van der Waals surface area (Å²) in [7, 11) is 0. The van der Waals surface area contributed by atoms with Crippen molar-refractivity contribution in [1.82, 2.24) is 0 Å². The minimum atomic E-state index is 0.0642. The van der Waals surface area contributed by atoms with Gasteiger partial charge in [-0.25, -0.2) is 0 Å². The lowest BCUT2D eigenvalue weighted by Crippen LogP contribution is -3.14. The summed E-state index contributed by atoms with van der Waals surface area (Å²) in [5.74, 6) is 1.17. The normalized spacial score (nSPS) is 37.8. The first kappa shape index (κ1) is 18.9. The molecule has 3 aliphatic rings. The zero-order chi connectivity index (χ0) is 18.0. The SMILES string of the molecule is C=C1CCC[C@]2(C)C[C@H]3OC(=O)[C@H](C[NH2+]CC[NH+](CC)CC)[C@H]3C[C@H]12. The zero-order valence-electron chi connectivity index (χ0n) is 16.5. The number of hydrogen-bond donors (Lipinski definition) is 2. The van der Waals surface area contributed by atoms with Crippen LogP contribution in [0, 0.1) is 23.2 Å². The first-order valence-corrected chi connectivity index (χ1v) is 10.5. The van der Waals surface area contributed by atoms with Crippen molar-refractivity contribution in [3.05, 3.63) is 12.2 Å². The molecule has 0 radical (unpaired) electrons. The molecule has 4 heteroatoms. The van der Waals surface area contributed by atoms with Crippen molar-refractivity contribution in [2.75, 3.05) is 32.7 Å². The summed E-state index contributed by atoms with van der Waals surface area (Å²) in [6, 6.07) is 0. The number of carbonyl (C=O) groups is 1. The highest BCUT2D eigenvalue weighted by molar-refractivity contribution is 5.75. The van der Waals surface area contributed by atoms with Gasteiger partial charge in [0.15, 0.2) is 0 Å². The van der Waals surface area contributed by atoms with Gasteiger partial charge in [-0.15, -0.1) is 0 Å². The Morgan fingerprint density at radius 2 is 2.12 bits per heavy atom. The third-order valence-corrected chi connectivity index (χ3v) is 7.44. The second-order valence-electron chi connectivity index (χ2n) is 8.92. The molecule has 0 aromatic carbocycles. The van der Waals surface area contributed by atoms with Crippen molar-refractivity contribution >= 4 is 5.97 Å². The van der Waals surface area contributed by atoms with E-state index in [-0.39, 0.29) is 18.0 Å². The second-order valence-corrected chi connectivity index (χ2v) is 8.92. The van der Waals surface area contributed by atoms with Crippen LogP contribution in [0.25, 0.3) is 0 Å². The molecule has 0 aromatic heterocycles. The van der Waals surface area contributed by atoms with Crippen molar-refractivity contribution in [1.29, 1.82) is 0 Å². The third-order valence-electron chi connectivity index (χ3n) is 7.44. The molecular weight excluding hydrogens is 312 g/mol. The van der Waals surface area contributed by atoms with E-state index in [1.165, 1.54) is 44.5 Å². The Balaban J connectivity index is 1.57. The van der Waals surface area contributed by atoms with Gasteiger partial charge < -0.3 is 15.0 Å². The van der Waals surface area contributed by atoms with Crippen molar-refractivity contribution in [2.45, 2.75) is 59.0 Å². The number of ether oxygens (including phenoxy) is 1. The van der Waals surface area contributed by atoms with Gasteiger partial charge in [-0.1, -0.05) is 19.1 Å². The van der Waals surface area contributed by atoms with Crippen molar-refractivity contribution in [3.8, 4) is 0 Å². The van der Waals surface area contributed by atoms with Crippen LogP contribution in [0.15, 0.2) is 12.2 Å². The molecule has 0 unspecified atom stereocenters. The molecule has 5 atom stereocenters. The van der Waals surface area contributed by atoms with E-state index < -0.39 is 0 Å². The maximum Gasteiger partial charge on any atom is 0.315 e. The minimum absolute atomic E-state index is 0.0642. The molecule has 0 amide bonds. The Bertz CT molecular complexity index is 502. The quantitative estimate of drug-likeness (QED) is 0.405. The van der Waals surface area contributed by atoms with Crippen LogP contribution in [0.4, 0.5) is 0 Å².